The minimum atomic E-state index is 0.488. The Labute approximate surface area is 113 Å². The number of nitrogens with zero attached hydrogens (tertiary/aromatic N) is 2. The van der Waals surface area contributed by atoms with Crippen molar-refractivity contribution in [1.29, 1.82) is 0 Å². The van der Waals surface area contributed by atoms with Crippen molar-refractivity contribution in [2.24, 2.45) is 0 Å². The minimum absolute atomic E-state index is 0.488. The molecule has 0 N–H and O–H groups in total. The van der Waals surface area contributed by atoms with Crippen LogP contribution in [0.15, 0.2) is 42.6 Å². The molecule has 0 bridgehead atoms. The van der Waals surface area contributed by atoms with Gasteiger partial charge in [0, 0.05) is 36.7 Å². The number of halogens is 1. The molecule has 0 fully saturated rings. The first-order chi connectivity index (χ1) is 8.70. The summed E-state index contributed by atoms with van der Waals surface area (Å²) in [6.07, 6.45) is 1.86. The van der Waals surface area contributed by atoms with Gasteiger partial charge >= 0.3 is 0 Å². The van der Waals surface area contributed by atoms with Crippen molar-refractivity contribution in [2.45, 2.75) is 19.3 Å². The van der Waals surface area contributed by atoms with Gasteiger partial charge in [0.25, 0.3) is 0 Å². The number of rotatable bonds is 4. The van der Waals surface area contributed by atoms with Gasteiger partial charge in [-0.05, 0) is 18.6 Å². The Balaban J connectivity index is 2.23. The predicted molar refractivity (Wildman–Crippen MR) is 77.1 cm³/mol. The molecule has 1 heterocycles. The molecule has 2 aromatic rings. The molecule has 0 aliphatic heterocycles. The Morgan fingerprint density at radius 1 is 1.22 bits per heavy atom. The molecule has 0 saturated heterocycles. The maximum absolute atomic E-state index is 5.96. The van der Waals surface area contributed by atoms with Crippen LogP contribution < -0.4 is 4.90 Å². The van der Waals surface area contributed by atoms with E-state index in [4.69, 9.17) is 11.6 Å². The van der Waals surface area contributed by atoms with Crippen LogP contribution in [0.4, 0.5) is 5.69 Å². The van der Waals surface area contributed by atoms with Crippen LogP contribution in [0.5, 0.6) is 0 Å². The third-order valence-corrected chi connectivity index (χ3v) is 3.20. The second kappa shape index (κ2) is 5.87. The molecule has 1 aromatic carbocycles. The van der Waals surface area contributed by atoms with Gasteiger partial charge in [0.1, 0.15) is 0 Å². The first-order valence-corrected chi connectivity index (χ1v) is 6.50. The molecule has 0 radical (unpaired) electrons. The first kappa shape index (κ1) is 12.9. The van der Waals surface area contributed by atoms with E-state index in [1.807, 2.05) is 19.2 Å². The van der Waals surface area contributed by atoms with E-state index in [9.17, 15) is 0 Å². The van der Waals surface area contributed by atoms with Crippen molar-refractivity contribution >= 4 is 17.3 Å². The second-order valence-corrected chi connectivity index (χ2v) is 4.70. The van der Waals surface area contributed by atoms with Crippen molar-refractivity contribution in [2.75, 3.05) is 11.9 Å². The molecule has 0 atom stereocenters. The average molecular weight is 261 g/mol. The lowest BCUT2D eigenvalue weighted by atomic mass is 10.1. The Morgan fingerprint density at radius 3 is 2.61 bits per heavy atom. The van der Waals surface area contributed by atoms with Gasteiger partial charge in [0.05, 0.1) is 5.88 Å². The van der Waals surface area contributed by atoms with Gasteiger partial charge in [-0.1, -0.05) is 30.3 Å². The van der Waals surface area contributed by atoms with Crippen LogP contribution in [-0.4, -0.2) is 12.0 Å². The molecule has 94 valence electrons. The number of pyridine rings is 1. The van der Waals surface area contributed by atoms with E-state index in [2.05, 4.69) is 47.3 Å². The number of aromatic nitrogens is 1. The molecule has 0 saturated carbocycles. The highest BCUT2D eigenvalue weighted by Crippen LogP contribution is 2.22. The predicted octanol–water partition coefficient (Wildman–Crippen LogP) is 3.77. The Hall–Kier alpha value is -1.54. The number of benzene rings is 1. The normalized spacial score (nSPS) is 10.4. The van der Waals surface area contributed by atoms with Gasteiger partial charge < -0.3 is 4.90 Å². The standard InChI is InChI=1S/C15H17ClN2/c1-12-8-15(14(9-16)10-17-12)18(2)11-13-6-4-3-5-7-13/h3-8,10H,9,11H2,1-2H3. The Kier molecular flexibility index (Phi) is 4.21. The number of hydrogen-bond donors (Lipinski definition) is 0. The van der Waals surface area contributed by atoms with Gasteiger partial charge in [-0.15, -0.1) is 11.6 Å². The van der Waals surface area contributed by atoms with E-state index in [0.717, 1.165) is 23.5 Å². The van der Waals surface area contributed by atoms with Crippen LogP contribution in [0.1, 0.15) is 16.8 Å². The van der Waals surface area contributed by atoms with Crippen molar-refractivity contribution in [3.05, 3.63) is 59.4 Å². The van der Waals surface area contributed by atoms with Crippen molar-refractivity contribution in [3.8, 4) is 0 Å². The Morgan fingerprint density at radius 2 is 1.94 bits per heavy atom. The second-order valence-electron chi connectivity index (χ2n) is 4.43. The average Bonchev–Trinajstić information content (AvgIpc) is 2.40. The Bertz CT molecular complexity index is 511. The topological polar surface area (TPSA) is 16.1 Å². The smallest absolute Gasteiger partial charge is 0.0509 e. The lowest BCUT2D eigenvalue weighted by molar-refractivity contribution is 0.909. The van der Waals surface area contributed by atoms with E-state index in [-0.39, 0.29) is 0 Å². The molecular formula is C15H17ClN2. The molecule has 3 heteroatoms. The number of alkyl halides is 1. The van der Waals surface area contributed by atoms with Crippen LogP contribution in [0, 0.1) is 6.92 Å². The summed E-state index contributed by atoms with van der Waals surface area (Å²) in [5, 5.41) is 0. The third kappa shape index (κ3) is 3.02. The summed E-state index contributed by atoms with van der Waals surface area (Å²) in [7, 11) is 2.08. The molecule has 2 nitrogen and oxygen atoms in total. The first-order valence-electron chi connectivity index (χ1n) is 5.97. The number of aryl methyl sites for hydroxylation is 1. The minimum Gasteiger partial charge on any atom is -0.370 e. The van der Waals surface area contributed by atoms with E-state index < -0.39 is 0 Å². The van der Waals surface area contributed by atoms with Crippen molar-refractivity contribution in [1.82, 2.24) is 4.98 Å². The molecular weight excluding hydrogens is 244 g/mol. The number of anilines is 1. The highest BCUT2D eigenvalue weighted by Gasteiger charge is 2.08. The number of hydrogen-bond acceptors (Lipinski definition) is 2. The van der Waals surface area contributed by atoms with E-state index in [1.54, 1.807) is 0 Å². The highest BCUT2D eigenvalue weighted by atomic mass is 35.5. The summed E-state index contributed by atoms with van der Waals surface area (Å²) in [4.78, 5) is 6.50. The van der Waals surface area contributed by atoms with Crippen molar-refractivity contribution < 1.29 is 0 Å². The van der Waals surface area contributed by atoms with Crippen molar-refractivity contribution in [3.63, 3.8) is 0 Å². The quantitative estimate of drug-likeness (QED) is 0.778. The lowest BCUT2D eigenvalue weighted by Crippen LogP contribution is -2.18. The van der Waals surface area contributed by atoms with Crippen LogP contribution in [0.2, 0.25) is 0 Å². The zero-order valence-electron chi connectivity index (χ0n) is 10.7. The summed E-state index contributed by atoms with van der Waals surface area (Å²) in [6.45, 7) is 2.87. The van der Waals surface area contributed by atoms with Gasteiger partial charge in [0.15, 0.2) is 0 Å². The summed E-state index contributed by atoms with van der Waals surface area (Å²) < 4.78 is 0. The van der Waals surface area contributed by atoms with E-state index in [1.165, 1.54) is 5.56 Å². The molecule has 0 aliphatic carbocycles. The van der Waals surface area contributed by atoms with Crippen LogP contribution in [0.3, 0.4) is 0 Å². The monoisotopic (exact) mass is 260 g/mol. The van der Waals surface area contributed by atoms with Gasteiger partial charge in [0.2, 0.25) is 0 Å². The molecule has 0 amide bonds. The highest BCUT2D eigenvalue weighted by molar-refractivity contribution is 6.17. The molecule has 2 rings (SSSR count). The molecule has 0 unspecified atom stereocenters. The lowest BCUT2D eigenvalue weighted by Gasteiger charge is -2.22. The van der Waals surface area contributed by atoms with Gasteiger partial charge in [-0.3, -0.25) is 4.98 Å². The van der Waals surface area contributed by atoms with Crippen LogP contribution >= 0.6 is 11.6 Å². The summed E-state index contributed by atoms with van der Waals surface area (Å²) in [6, 6.07) is 12.5. The fraction of sp³-hybridized carbons (Fsp3) is 0.267. The molecule has 1 aromatic heterocycles. The fourth-order valence-corrected chi connectivity index (χ4v) is 2.18. The van der Waals surface area contributed by atoms with E-state index >= 15 is 0 Å². The van der Waals surface area contributed by atoms with Gasteiger partial charge in [-0.25, -0.2) is 0 Å². The maximum Gasteiger partial charge on any atom is 0.0509 e. The maximum atomic E-state index is 5.96. The summed E-state index contributed by atoms with van der Waals surface area (Å²) >= 11 is 5.96. The van der Waals surface area contributed by atoms with Crippen LogP contribution in [0.25, 0.3) is 0 Å². The fourth-order valence-electron chi connectivity index (χ4n) is 1.97. The largest absolute Gasteiger partial charge is 0.370 e. The van der Waals surface area contributed by atoms with Crippen LogP contribution in [-0.2, 0) is 12.4 Å². The summed E-state index contributed by atoms with van der Waals surface area (Å²) in [5.41, 5.74) is 4.52. The van der Waals surface area contributed by atoms with Gasteiger partial charge in [-0.2, -0.15) is 0 Å². The third-order valence-electron chi connectivity index (χ3n) is 2.92. The summed E-state index contributed by atoms with van der Waals surface area (Å²) in [5.74, 6) is 0.488. The SMILES string of the molecule is Cc1cc(N(C)Cc2ccccc2)c(CCl)cn1. The molecule has 0 aliphatic rings. The zero-order chi connectivity index (χ0) is 13.0. The zero-order valence-corrected chi connectivity index (χ0v) is 11.5. The molecule has 18 heavy (non-hydrogen) atoms. The molecule has 0 spiro atoms. The van der Waals surface area contributed by atoms with E-state index in [0.29, 0.717) is 5.88 Å².